The SMILES string of the molecule is CC1=C(Oc2ccc(N)cc2C(F)(F)F)C(C)(C)C=C(c2ccc(Oc3ccc(N)cc3C(F)(F)F)c(C)c2)C1. The summed E-state index contributed by atoms with van der Waals surface area (Å²) in [6, 6.07) is 11.9. The minimum Gasteiger partial charge on any atom is -0.460 e. The van der Waals surface area contributed by atoms with Crippen LogP contribution in [0.5, 0.6) is 17.2 Å². The van der Waals surface area contributed by atoms with Crippen LogP contribution in [0.15, 0.2) is 72.0 Å². The average molecular weight is 563 g/mol. The maximum absolute atomic E-state index is 13.6. The number of hydrogen-bond donors (Lipinski definition) is 2. The monoisotopic (exact) mass is 562 g/mol. The molecule has 0 radical (unpaired) electrons. The van der Waals surface area contributed by atoms with Crippen molar-refractivity contribution in [1.29, 1.82) is 0 Å². The number of allylic oxidation sites excluding steroid dienone is 3. The van der Waals surface area contributed by atoms with Gasteiger partial charge in [-0.1, -0.05) is 12.1 Å². The molecule has 0 fully saturated rings. The molecule has 4 rings (SSSR count). The van der Waals surface area contributed by atoms with Gasteiger partial charge in [0.05, 0.1) is 0 Å². The number of alkyl halides is 6. The third kappa shape index (κ3) is 6.05. The Kier molecular flexibility index (Phi) is 7.34. The highest BCUT2D eigenvalue weighted by atomic mass is 19.4. The predicted molar refractivity (Wildman–Crippen MR) is 143 cm³/mol. The number of benzene rings is 3. The predicted octanol–water partition coefficient (Wildman–Crippen LogP) is 9.16. The molecule has 4 nitrogen and oxygen atoms in total. The first-order chi connectivity index (χ1) is 18.5. The highest BCUT2D eigenvalue weighted by molar-refractivity contribution is 5.72. The number of rotatable bonds is 5. The lowest BCUT2D eigenvalue weighted by molar-refractivity contribution is -0.139. The van der Waals surface area contributed by atoms with Crippen molar-refractivity contribution < 1.29 is 35.8 Å². The van der Waals surface area contributed by atoms with Gasteiger partial charge in [-0.15, -0.1) is 0 Å². The number of ether oxygens (including phenoxy) is 2. The molecule has 0 aromatic heterocycles. The molecule has 0 saturated heterocycles. The van der Waals surface area contributed by atoms with Crippen LogP contribution in [0.4, 0.5) is 37.7 Å². The van der Waals surface area contributed by atoms with Crippen LogP contribution in [-0.4, -0.2) is 0 Å². The quantitative estimate of drug-likeness (QED) is 0.240. The maximum atomic E-state index is 13.6. The average Bonchev–Trinajstić information content (AvgIpc) is 2.82. The van der Waals surface area contributed by atoms with Crippen LogP contribution in [0.2, 0.25) is 0 Å². The van der Waals surface area contributed by atoms with Crippen LogP contribution < -0.4 is 20.9 Å². The second-order valence-electron chi connectivity index (χ2n) is 10.4. The molecule has 0 aliphatic heterocycles. The molecule has 3 aromatic carbocycles. The summed E-state index contributed by atoms with van der Waals surface area (Å²) in [5.74, 6) is -0.0588. The van der Waals surface area contributed by atoms with Gasteiger partial charge >= 0.3 is 12.4 Å². The highest BCUT2D eigenvalue weighted by Gasteiger charge is 2.38. The molecule has 0 heterocycles. The van der Waals surface area contributed by atoms with Crippen LogP contribution in [0.1, 0.15) is 49.4 Å². The number of aryl methyl sites for hydroxylation is 1. The smallest absolute Gasteiger partial charge is 0.420 e. The minimum atomic E-state index is -4.65. The van der Waals surface area contributed by atoms with Crippen molar-refractivity contribution in [3.8, 4) is 17.2 Å². The Morgan fingerprint density at radius 2 is 1.20 bits per heavy atom. The van der Waals surface area contributed by atoms with Crippen molar-refractivity contribution in [2.75, 3.05) is 11.5 Å². The lowest BCUT2D eigenvalue weighted by Crippen LogP contribution is -2.23. The fraction of sp³-hybridized carbons (Fsp3) is 0.267. The first-order valence-corrected chi connectivity index (χ1v) is 12.3. The topological polar surface area (TPSA) is 70.5 Å². The molecule has 3 aromatic rings. The molecule has 0 saturated carbocycles. The van der Waals surface area contributed by atoms with Crippen molar-refractivity contribution in [3.63, 3.8) is 0 Å². The Balaban J connectivity index is 1.61. The van der Waals surface area contributed by atoms with E-state index >= 15 is 0 Å². The standard InChI is InChI=1S/C30H28F6N2O2/c1-16-11-18(5-8-24(16)39-25-9-6-20(37)13-22(25)29(31,32)33)19-12-17(2)27(28(3,4)15-19)40-26-10-7-21(38)14-23(26)30(34,35)36/h5-11,13-15H,12,37-38H2,1-4H3. The second kappa shape index (κ2) is 10.1. The molecule has 1 aliphatic rings. The number of nitrogen functional groups attached to an aromatic ring is 2. The zero-order chi connectivity index (χ0) is 29.6. The van der Waals surface area contributed by atoms with E-state index < -0.39 is 28.9 Å². The molecule has 212 valence electrons. The van der Waals surface area contributed by atoms with E-state index in [4.69, 9.17) is 20.9 Å². The van der Waals surface area contributed by atoms with E-state index in [-0.39, 0.29) is 28.6 Å². The van der Waals surface area contributed by atoms with E-state index in [1.807, 2.05) is 19.9 Å². The van der Waals surface area contributed by atoms with Crippen LogP contribution >= 0.6 is 0 Å². The van der Waals surface area contributed by atoms with Gasteiger partial charge in [-0.25, -0.2) is 0 Å². The van der Waals surface area contributed by atoms with Crippen molar-refractivity contribution in [2.24, 2.45) is 5.41 Å². The zero-order valence-corrected chi connectivity index (χ0v) is 22.2. The number of hydrogen-bond acceptors (Lipinski definition) is 4. The Morgan fingerprint density at radius 1 is 0.700 bits per heavy atom. The molecule has 0 spiro atoms. The fourth-order valence-corrected chi connectivity index (χ4v) is 4.78. The van der Waals surface area contributed by atoms with Gasteiger partial charge in [-0.05, 0) is 105 Å². The van der Waals surface area contributed by atoms with Crippen LogP contribution in [0.25, 0.3) is 5.57 Å². The second-order valence-corrected chi connectivity index (χ2v) is 10.4. The van der Waals surface area contributed by atoms with E-state index in [9.17, 15) is 26.3 Å². The van der Waals surface area contributed by atoms with Gasteiger partial charge in [0, 0.05) is 16.8 Å². The van der Waals surface area contributed by atoms with E-state index in [2.05, 4.69) is 0 Å². The highest BCUT2D eigenvalue weighted by Crippen LogP contribution is 2.46. The van der Waals surface area contributed by atoms with E-state index in [0.29, 0.717) is 17.7 Å². The lowest BCUT2D eigenvalue weighted by Gasteiger charge is -2.33. The molecular weight excluding hydrogens is 534 g/mol. The van der Waals surface area contributed by atoms with Crippen molar-refractivity contribution >= 4 is 16.9 Å². The Hall–Kier alpha value is -4.08. The maximum Gasteiger partial charge on any atom is 0.420 e. The van der Waals surface area contributed by atoms with Crippen LogP contribution in [-0.2, 0) is 12.4 Å². The Bertz CT molecular complexity index is 1520. The Morgan fingerprint density at radius 3 is 1.68 bits per heavy atom. The van der Waals surface area contributed by atoms with E-state index in [0.717, 1.165) is 28.8 Å². The first kappa shape index (κ1) is 28.9. The van der Waals surface area contributed by atoms with E-state index in [1.54, 1.807) is 32.0 Å². The summed E-state index contributed by atoms with van der Waals surface area (Å²) in [6.07, 6.45) is -6.98. The van der Waals surface area contributed by atoms with Crippen molar-refractivity contribution in [3.05, 3.63) is 94.3 Å². The molecule has 0 atom stereocenters. The van der Waals surface area contributed by atoms with Gasteiger partial charge in [-0.2, -0.15) is 26.3 Å². The van der Waals surface area contributed by atoms with Gasteiger partial charge in [0.2, 0.25) is 0 Å². The molecule has 0 unspecified atom stereocenters. The summed E-state index contributed by atoms with van der Waals surface area (Å²) in [5, 5.41) is 0. The third-order valence-electron chi connectivity index (χ3n) is 6.56. The van der Waals surface area contributed by atoms with Gasteiger partial charge in [0.15, 0.2) is 0 Å². The van der Waals surface area contributed by atoms with E-state index in [1.165, 1.54) is 24.3 Å². The van der Waals surface area contributed by atoms with Crippen LogP contribution in [0, 0.1) is 12.3 Å². The fourth-order valence-electron chi connectivity index (χ4n) is 4.78. The van der Waals surface area contributed by atoms with Gasteiger partial charge in [0.25, 0.3) is 0 Å². The van der Waals surface area contributed by atoms with Crippen molar-refractivity contribution in [2.45, 2.75) is 46.5 Å². The summed E-state index contributed by atoms with van der Waals surface area (Å²) in [7, 11) is 0. The third-order valence-corrected chi connectivity index (χ3v) is 6.56. The summed E-state index contributed by atoms with van der Waals surface area (Å²) in [4.78, 5) is 0. The molecule has 10 heteroatoms. The van der Waals surface area contributed by atoms with Gasteiger partial charge in [-0.3, -0.25) is 0 Å². The molecular formula is C30H28F6N2O2. The minimum absolute atomic E-state index is 0.0238. The largest absolute Gasteiger partial charge is 0.460 e. The molecule has 40 heavy (non-hydrogen) atoms. The molecule has 0 amide bonds. The number of nitrogens with two attached hydrogens (primary N) is 2. The van der Waals surface area contributed by atoms with Gasteiger partial charge < -0.3 is 20.9 Å². The van der Waals surface area contributed by atoms with Gasteiger partial charge in [0.1, 0.15) is 34.1 Å². The van der Waals surface area contributed by atoms with Crippen molar-refractivity contribution in [1.82, 2.24) is 0 Å². The summed E-state index contributed by atoms with van der Waals surface area (Å²) < 4.78 is 92.9. The molecule has 0 bridgehead atoms. The summed E-state index contributed by atoms with van der Waals surface area (Å²) >= 11 is 0. The van der Waals surface area contributed by atoms with Crippen LogP contribution in [0.3, 0.4) is 0 Å². The Labute approximate surface area is 227 Å². The number of halogens is 6. The summed E-state index contributed by atoms with van der Waals surface area (Å²) in [6.45, 7) is 7.17. The molecule has 4 N–H and O–H groups in total. The first-order valence-electron chi connectivity index (χ1n) is 12.3. The summed E-state index contributed by atoms with van der Waals surface area (Å²) in [5.41, 5.74) is 11.4. The number of anilines is 2. The lowest BCUT2D eigenvalue weighted by atomic mass is 9.78. The zero-order valence-electron chi connectivity index (χ0n) is 22.2. The molecule has 1 aliphatic carbocycles. The normalized spacial score (nSPS) is 15.6.